The summed E-state index contributed by atoms with van der Waals surface area (Å²) in [4.78, 5) is 11.4. The highest BCUT2D eigenvalue weighted by Crippen LogP contribution is 2.61. The number of carbonyl (C=O) groups is 1. The zero-order chi connectivity index (χ0) is 37.2. The van der Waals surface area contributed by atoms with Crippen LogP contribution in [0.5, 0.6) is 0 Å². The summed E-state index contributed by atoms with van der Waals surface area (Å²) in [6.45, 7) is 11.2. The van der Waals surface area contributed by atoms with Gasteiger partial charge in [-0.1, -0.05) is 169 Å². The van der Waals surface area contributed by atoms with Gasteiger partial charge in [0, 0.05) is 13.7 Å². The van der Waals surface area contributed by atoms with Gasteiger partial charge in [0.05, 0.1) is 31.3 Å². The molecule has 0 aliphatic heterocycles. The molecule has 0 aromatic rings. The number of aliphatic hydroxyl groups excluding tert-OH is 2. The number of carbonyl (C=O) groups excluding carboxylic acids is 1. The SMILES string of the molecule is CCCCCCCC/C=C\CCCCCCCC(=O)OCC(O)CO.CCCCCCCCCCCC[P+](CCCC)(CCCC)CCCC.[Br-]. The third-order valence-electron chi connectivity index (χ3n) is 10.2. The molecular weight excluding hydrogens is 715 g/mol. The average Bonchev–Trinajstić information content (AvgIpc) is 3.13. The Morgan fingerprint density at radius 3 is 1.24 bits per heavy atom. The first-order chi connectivity index (χ1) is 24.4. The first kappa shape index (κ1) is 55.4. The van der Waals surface area contributed by atoms with Crippen LogP contribution < -0.4 is 17.0 Å². The van der Waals surface area contributed by atoms with E-state index in [0.29, 0.717) is 6.42 Å². The molecule has 0 aliphatic rings. The van der Waals surface area contributed by atoms with E-state index in [1.807, 2.05) is 0 Å². The van der Waals surface area contributed by atoms with Crippen LogP contribution in [0.2, 0.25) is 0 Å². The maximum Gasteiger partial charge on any atom is 0.305 e. The normalized spacial score (nSPS) is 12.1. The van der Waals surface area contributed by atoms with Gasteiger partial charge < -0.3 is 31.9 Å². The van der Waals surface area contributed by atoms with E-state index in [0.717, 1.165) is 25.7 Å². The zero-order valence-corrected chi connectivity index (χ0v) is 37.7. The first-order valence-electron chi connectivity index (χ1n) is 22.4. The number of ether oxygens (including phenoxy) is 1. The van der Waals surface area contributed by atoms with Crippen molar-refractivity contribution in [1.29, 1.82) is 0 Å². The van der Waals surface area contributed by atoms with Crippen molar-refractivity contribution in [2.45, 2.75) is 233 Å². The molecule has 0 radical (unpaired) electrons. The van der Waals surface area contributed by atoms with E-state index >= 15 is 0 Å². The molecule has 0 fully saturated rings. The Labute approximate surface area is 332 Å². The topological polar surface area (TPSA) is 66.8 Å². The Kier molecular flexibility index (Phi) is 50.2. The molecule has 0 bridgehead atoms. The number of esters is 1. The molecule has 6 heteroatoms. The van der Waals surface area contributed by atoms with E-state index in [-0.39, 0.29) is 36.2 Å². The van der Waals surface area contributed by atoms with Crippen LogP contribution in [0.25, 0.3) is 0 Å². The number of allylic oxidation sites excluding steroid dienone is 2. The number of hydrogen-bond acceptors (Lipinski definition) is 4. The van der Waals surface area contributed by atoms with Crippen molar-refractivity contribution < 1.29 is 36.7 Å². The molecular formula is C45H92BrO4P. The average molecular weight is 808 g/mol. The van der Waals surface area contributed by atoms with E-state index in [1.54, 1.807) is 31.1 Å². The second kappa shape index (κ2) is 46.2. The number of hydrogen-bond donors (Lipinski definition) is 2. The molecule has 0 aliphatic carbocycles. The summed E-state index contributed by atoms with van der Waals surface area (Å²) in [5.41, 5.74) is 0. The molecule has 0 rings (SSSR count). The van der Waals surface area contributed by atoms with Gasteiger partial charge in [0.15, 0.2) is 0 Å². The zero-order valence-electron chi connectivity index (χ0n) is 35.2. The van der Waals surface area contributed by atoms with Crippen LogP contribution in [0.1, 0.15) is 227 Å². The summed E-state index contributed by atoms with van der Waals surface area (Å²) < 4.78 is 4.86. The lowest BCUT2D eigenvalue weighted by Gasteiger charge is -2.28. The van der Waals surface area contributed by atoms with Crippen molar-refractivity contribution >= 4 is 13.2 Å². The van der Waals surface area contributed by atoms with E-state index in [1.165, 1.54) is 154 Å². The van der Waals surface area contributed by atoms with Gasteiger partial charge in [-0.05, 0) is 64.2 Å². The minimum absolute atomic E-state index is 0. The molecule has 51 heavy (non-hydrogen) atoms. The predicted molar refractivity (Wildman–Crippen MR) is 226 cm³/mol. The van der Waals surface area contributed by atoms with E-state index < -0.39 is 13.4 Å². The van der Waals surface area contributed by atoms with Crippen LogP contribution in [0.15, 0.2) is 12.2 Å². The van der Waals surface area contributed by atoms with Gasteiger partial charge in [0.25, 0.3) is 0 Å². The van der Waals surface area contributed by atoms with Crippen molar-refractivity contribution in [2.75, 3.05) is 37.9 Å². The molecule has 0 spiro atoms. The van der Waals surface area contributed by atoms with Gasteiger partial charge in [-0.2, -0.15) is 0 Å². The van der Waals surface area contributed by atoms with Crippen LogP contribution in [0, 0.1) is 0 Å². The number of unbranched alkanes of at least 4 members (excludes halogenated alkanes) is 23. The minimum Gasteiger partial charge on any atom is -1.00 e. The molecule has 0 heterocycles. The Morgan fingerprint density at radius 2 is 0.843 bits per heavy atom. The van der Waals surface area contributed by atoms with Gasteiger partial charge in [0.1, 0.15) is 12.7 Å². The third kappa shape index (κ3) is 42.6. The monoisotopic (exact) mass is 807 g/mol. The second-order valence-corrected chi connectivity index (χ2v) is 19.8. The van der Waals surface area contributed by atoms with Gasteiger partial charge in [-0.3, -0.25) is 4.79 Å². The lowest BCUT2D eigenvalue weighted by molar-refractivity contribution is -0.147. The highest BCUT2D eigenvalue weighted by Gasteiger charge is 2.34. The van der Waals surface area contributed by atoms with Gasteiger partial charge in [-0.15, -0.1) is 0 Å². The number of halogens is 1. The molecule has 0 aromatic heterocycles. The Bertz CT molecular complexity index is 667. The molecule has 1 unspecified atom stereocenters. The van der Waals surface area contributed by atoms with Gasteiger partial charge in [0.2, 0.25) is 0 Å². The fourth-order valence-corrected chi connectivity index (χ4v) is 11.9. The summed E-state index contributed by atoms with van der Waals surface area (Å²) in [6, 6.07) is 0. The summed E-state index contributed by atoms with van der Waals surface area (Å²) in [5, 5.41) is 17.7. The van der Waals surface area contributed by atoms with Crippen LogP contribution in [-0.2, 0) is 9.53 Å². The standard InChI is InChI=1S/C24H52P.C21H40O4.BrH/c1-5-9-13-14-15-16-17-18-19-20-24-25(21-10-6-2,22-11-7-3)23-12-8-4;1-2-3-4-5-6-7-8-9-10-11-12-13-14-15-16-17-21(24)25-19-20(23)18-22;/h5-24H2,1-4H3;9-10,20,22-23H,2-8,11-19H2,1H3;1H/q+1;;/p-1/b;10-9-;. The fraction of sp³-hybridized carbons (Fsp3) is 0.933. The van der Waals surface area contributed by atoms with Gasteiger partial charge in [-0.25, -0.2) is 0 Å². The van der Waals surface area contributed by atoms with Crippen molar-refractivity contribution in [3.63, 3.8) is 0 Å². The van der Waals surface area contributed by atoms with Crippen LogP contribution in [0.4, 0.5) is 0 Å². The molecule has 0 aromatic carbocycles. The first-order valence-corrected chi connectivity index (χ1v) is 24.9. The smallest absolute Gasteiger partial charge is 0.305 e. The van der Waals surface area contributed by atoms with E-state index in [2.05, 4.69) is 46.8 Å². The quantitative estimate of drug-likeness (QED) is 0.0282. The van der Waals surface area contributed by atoms with Crippen molar-refractivity contribution in [3.05, 3.63) is 12.2 Å². The Morgan fingerprint density at radius 1 is 0.510 bits per heavy atom. The maximum atomic E-state index is 11.4. The predicted octanol–water partition coefficient (Wildman–Crippen LogP) is 11.2. The molecule has 0 saturated carbocycles. The minimum atomic E-state index is -0.960. The summed E-state index contributed by atoms with van der Waals surface area (Å²) in [7, 11) is -0.620. The second-order valence-electron chi connectivity index (χ2n) is 15.3. The van der Waals surface area contributed by atoms with Crippen LogP contribution in [0.3, 0.4) is 0 Å². The lowest BCUT2D eigenvalue weighted by atomic mass is 10.1. The largest absolute Gasteiger partial charge is 1.00 e. The summed E-state index contributed by atoms with van der Waals surface area (Å²) >= 11 is 0. The number of rotatable bonds is 38. The highest BCUT2D eigenvalue weighted by atomic mass is 79.9. The summed E-state index contributed by atoms with van der Waals surface area (Å²) in [5.74, 6) is -0.287. The highest BCUT2D eigenvalue weighted by molar-refractivity contribution is 7.75. The summed E-state index contributed by atoms with van der Waals surface area (Å²) in [6.07, 6.45) is 50.1. The molecule has 0 saturated heterocycles. The van der Waals surface area contributed by atoms with E-state index in [9.17, 15) is 4.79 Å². The van der Waals surface area contributed by atoms with Crippen molar-refractivity contribution in [3.8, 4) is 0 Å². The molecule has 2 N–H and O–H groups in total. The third-order valence-corrected chi connectivity index (χ3v) is 15.3. The number of aliphatic hydroxyl groups is 2. The molecule has 1 atom stereocenters. The Balaban J connectivity index is -0.000000886. The molecule has 0 amide bonds. The van der Waals surface area contributed by atoms with Crippen molar-refractivity contribution in [1.82, 2.24) is 0 Å². The van der Waals surface area contributed by atoms with Gasteiger partial charge >= 0.3 is 5.97 Å². The molecule has 308 valence electrons. The van der Waals surface area contributed by atoms with E-state index in [4.69, 9.17) is 14.9 Å². The maximum absolute atomic E-state index is 11.4. The van der Waals surface area contributed by atoms with Crippen molar-refractivity contribution in [2.24, 2.45) is 0 Å². The Hall–Kier alpha value is 0.0400. The van der Waals surface area contributed by atoms with Crippen LogP contribution >= 0.6 is 7.26 Å². The lowest BCUT2D eigenvalue weighted by Crippen LogP contribution is -3.00. The molecule has 4 nitrogen and oxygen atoms in total. The fourth-order valence-electron chi connectivity index (χ4n) is 6.74. The van der Waals surface area contributed by atoms with Crippen LogP contribution in [-0.4, -0.2) is 60.1 Å².